The monoisotopic (exact) mass is 322 g/mol. The van der Waals surface area contributed by atoms with Crippen molar-refractivity contribution in [3.63, 3.8) is 0 Å². The summed E-state index contributed by atoms with van der Waals surface area (Å²) in [4.78, 5) is 26.6. The smallest absolute Gasteiger partial charge is 0.229 e. The summed E-state index contributed by atoms with van der Waals surface area (Å²) in [5.74, 6) is -0.412. The third kappa shape index (κ3) is 3.18. The molecule has 3 rings (SSSR count). The SMILES string of the molecule is Cc1ccc(N2C[C@H](C(=O)Nc3cccc(C)c3C)CC2=O)cc1. The predicted octanol–water partition coefficient (Wildman–Crippen LogP) is 3.60. The van der Waals surface area contributed by atoms with Gasteiger partial charge in [0.25, 0.3) is 0 Å². The quantitative estimate of drug-likeness (QED) is 0.938. The Morgan fingerprint density at radius 3 is 2.50 bits per heavy atom. The number of amides is 2. The van der Waals surface area contributed by atoms with Crippen molar-refractivity contribution in [3.8, 4) is 0 Å². The molecule has 24 heavy (non-hydrogen) atoms. The van der Waals surface area contributed by atoms with Crippen LogP contribution < -0.4 is 10.2 Å². The summed E-state index contributed by atoms with van der Waals surface area (Å²) in [6.45, 7) is 6.45. The molecule has 1 aliphatic heterocycles. The Labute approximate surface area is 142 Å². The second-order valence-electron chi connectivity index (χ2n) is 6.48. The van der Waals surface area contributed by atoms with Crippen molar-refractivity contribution < 1.29 is 9.59 Å². The van der Waals surface area contributed by atoms with Crippen molar-refractivity contribution in [1.82, 2.24) is 0 Å². The van der Waals surface area contributed by atoms with Gasteiger partial charge in [0.05, 0.1) is 5.92 Å². The largest absolute Gasteiger partial charge is 0.326 e. The molecule has 0 radical (unpaired) electrons. The highest BCUT2D eigenvalue weighted by Crippen LogP contribution is 2.27. The fourth-order valence-corrected chi connectivity index (χ4v) is 2.98. The highest BCUT2D eigenvalue weighted by Gasteiger charge is 2.35. The Kier molecular flexibility index (Phi) is 4.38. The minimum absolute atomic E-state index is 0.0000303. The summed E-state index contributed by atoms with van der Waals surface area (Å²) in [5.41, 5.74) is 5.02. The second kappa shape index (κ2) is 6.48. The number of nitrogens with zero attached hydrogens (tertiary/aromatic N) is 1. The van der Waals surface area contributed by atoms with E-state index in [2.05, 4.69) is 5.32 Å². The first kappa shape index (κ1) is 16.2. The van der Waals surface area contributed by atoms with Gasteiger partial charge < -0.3 is 10.2 Å². The molecule has 1 heterocycles. The van der Waals surface area contributed by atoms with Gasteiger partial charge in [0, 0.05) is 24.3 Å². The number of nitrogens with one attached hydrogen (secondary N) is 1. The Balaban J connectivity index is 1.72. The summed E-state index contributed by atoms with van der Waals surface area (Å²) in [6, 6.07) is 13.7. The zero-order valence-electron chi connectivity index (χ0n) is 14.3. The van der Waals surface area contributed by atoms with Crippen LogP contribution in [-0.4, -0.2) is 18.4 Å². The average Bonchev–Trinajstić information content (AvgIpc) is 2.94. The predicted molar refractivity (Wildman–Crippen MR) is 96.2 cm³/mol. The molecule has 0 bridgehead atoms. The van der Waals surface area contributed by atoms with E-state index in [4.69, 9.17) is 0 Å². The van der Waals surface area contributed by atoms with E-state index in [1.54, 1.807) is 4.90 Å². The molecular weight excluding hydrogens is 300 g/mol. The molecular formula is C20H22N2O2. The molecule has 1 atom stereocenters. The van der Waals surface area contributed by atoms with Gasteiger partial charge in [-0.1, -0.05) is 29.8 Å². The van der Waals surface area contributed by atoms with Crippen molar-refractivity contribution in [2.75, 3.05) is 16.8 Å². The van der Waals surface area contributed by atoms with Gasteiger partial charge in [-0.2, -0.15) is 0 Å². The van der Waals surface area contributed by atoms with Gasteiger partial charge in [-0.3, -0.25) is 9.59 Å². The molecule has 4 heteroatoms. The van der Waals surface area contributed by atoms with E-state index in [1.807, 2.05) is 63.2 Å². The molecule has 0 saturated carbocycles. The van der Waals surface area contributed by atoms with Crippen molar-refractivity contribution in [1.29, 1.82) is 0 Å². The first-order valence-electron chi connectivity index (χ1n) is 8.20. The van der Waals surface area contributed by atoms with Gasteiger partial charge in [0.2, 0.25) is 11.8 Å². The summed E-state index contributed by atoms with van der Waals surface area (Å²) in [7, 11) is 0. The topological polar surface area (TPSA) is 49.4 Å². The molecule has 0 aliphatic carbocycles. The van der Waals surface area contributed by atoms with E-state index in [0.29, 0.717) is 6.54 Å². The van der Waals surface area contributed by atoms with Gasteiger partial charge in [0.15, 0.2) is 0 Å². The molecule has 1 fully saturated rings. The standard InChI is InChI=1S/C20H22N2O2/c1-13-7-9-17(10-8-13)22-12-16(11-19(22)23)20(24)21-18-6-4-5-14(2)15(18)3/h4-10,16H,11-12H2,1-3H3,(H,21,24)/t16-/m1/s1. The first-order chi connectivity index (χ1) is 11.5. The maximum Gasteiger partial charge on any atom is 0.229 e. The van der Waals surface area contributed by atoms with Crippen LogP contribution in [-0.2, 0) is 9.59 Å². The van der Waals surface area contributed by atoms with Gasteiger partial charge in [-0.05, 0) is 50.1 Å². The van der Waals surface area contributed by atoms with E-state index >= 15 is 0 Å². The second-order valence-corrected chi connectivity index (χ2v) is 6.48. The van der Waals surface area contributed by atoms with Gasteiger partial charge in [-0.25, -0.2) is 0 Å². The number of hydrogen-bond acceptors (Lipinski definition) is 2. The number of anilines is 2. The maximum atomic E-state index is 12.6. The molecule has 0 aromatic heterocycles. The first-order valence-corrected chi connectivity index (χ1v) is 8.20. The fourth-order valence-electron chi connectivity index (χ4n) is 2.98. The Morgan fingerprint density at radius 2 is 1.79 bits per heavy atom. The summed E-state index contributed by atoms with van der Waals surface area (Å²) in [5, 5.41) is 2.98. The molecule has 2 amide bonds. The van der Waals surface area contributed by atoms with Crippen molar-refractivity contribution >= 4 is 23.2 Å². The van der Waals surface area contributed by atoms with Crippen LogP contribution in [0.15, 0.2) is 42.5 Å². The molecule has 2 aromatic rings. The van der Waals surface area contributed by atoms with Crippen molar-refractivity contribution in [2.24, 2.45) is 5.92 Å². The van der Waals surface area contributed by atoms with Crippen molar-refractivity contribution in [3.05, 3.63) is 59.2 Å². The van der Waals surface area contributed by atoms with Crippen LogP contribution in [0.25, 0.3) is 0 Å². The highest BCUT2D eigenvalue weighted by molar-refractivity contribution is 6.03. The number of carbonyl (C=O) groups excluding carboxylic acids is 2. The van der Waals surface area contributed by atoms with E-state index in [-0.39, 0.29) is 24.2 Å². The van der Waals surface area contributed by atoms with Crippen LogP contribution in [0.5, 0.6) is 0 Å². The van der Waals surface area contributed by atoms with Crippen LogP contribution in [0.3, 0.4) is 0 Å². The highest BCUT2D eigenvalue weighted by atomic mass is 16.2. The molecule has 1 aliphatic rings. The third-order valence-electron chi connectivity index (χ3n) is 4.70. The zero-order chi connectivity index (χ0) is 17.3. The lowest BCUT2D eigenvalue weighted by Crippen LogP contribution is -2.28. The molecule has 1 N–H and O–H groups in total. The van der Waals surface area contributed by atoms with E-state index in [9.17, 15) is 9.59 Å². The van der Waals surface area contributed by atoms with Gasteiger partial charge >= 0.3 is 0 Å². The van der Waals surface area contributed by atoms with Crippen molar-refractivity contribution in [2.45, 2.75) is 27.2 Å². The number of aryl methyl sites for hydroxylation is 2. The Hall–Kier alpha value is -2.62. The lowest BCUT2D eigenvalue weighted by Gasteiger charge is -2.17. The molecule has 2 aromatic carbocycles. The zero-order valence-corrected chi connectivity index (χ0v) is 14.3. The Bertz CT molecular complexity index is 781. The lowest BCUT2D eigenvalue weighted by atomic mass is 10.1. The van der Waals surface area contributed by atoms with E-state index < -0.39 is 0 Å². The van der Waals surface area contributed by atoms with Crippen LogP contribution in [0.1, 0.15) is 23.1 Å². The lowest BCUT2D eigenvalue weighted by molar-refractivity contribution is -0.122. The number of hydrogen-bond donors (Lipinski definition) is 1. The molecule has 1 saturated heterocycles. The molecule has 0 spiro atoms. The average molecular weight is 322 g/mol. The minimum Gasteiger partial charge on any atom is -0.326 e. The van der Waals surface area contributed by atoms with E-state index in [0.717, 1.165) is 28.1 Å². The number of benzene rings is 2. The molecule has 0 unspecified atom stereocenters. The van der Waals surface area contributed by atoms with E-state index in [1.165, 1.54) is 0 Å². The summed E-state index contributed by atoms with van der Waals surface area (Å²) >= 11 is 0. The van der Waals surface area contributed by atoms with Gasteiger partial charge in [0.1, 0.15) is 0 Å². The van der Waals surface area contributed by atoms with Crippen LogP contribution in [0, 0.1) is 26.7 Å². The summed E-state index contributed by atoms with van der Waals surface area (Å²) in [6.07, 6.45) is 0.255. The normalized spacial score (nSPS) is 17.2. The van der Waals surface area contributed by atoms with Crippen LogP contribution in [0.4, 0.5) is 11.4 Å². The number of carbonyl (C=O) groups is 2. The van der Waals surface area contributed by atoms with Crippen LogP contribution >= 0.6 is 0 Å². The van der Waals surface area contributed by atoms with Gasteiger partial charge in [-0.15, -0.1) is 0 Å². The number of rotatable bonds is 3. The molecule has 4 nitrogen and oxygen atoms in total. The minimum atomic E-state index is -0.321. The third-order valence-corrected chi connectivity index (χ3v) is 4.70. The molecule has 124 valence electrons. The maximum absolute atomic E-state index is 12.6. The Morgan fingerprint density at radius 1 is 1.08 bits per heavy atom. The fraction of sp³-hybridized carbons (Fsp3) is 0.300. The summed E-state index contributed by atoms with van der Waals surface area (Å²) < 4.78 is 0. The van der Waals surface area contributed by atoms with Crippen LogP contribution in [0.2, 0.25) is 0 Å².